The average molecular weight is 809 g/mol. The van der Waals surface area contributed by atoms with Crippen LogP contribution in [0, 0.1) is 41.5 Å². The second-order valence-electron chi connectivity index (χ2n) is 13.5. The molecule has 2 amide bonds. The van der Waals surface area contributed by atoms with Gasteiger partial charge in [-0.05, 0) is 76.9 Å². The van der Waals surface area contributed by atoms with Gasteiger partial charge in [0.2, 0.25) is 11.8 Å². The fourth-order valence-electron chi connectivity index (χ4n) is 6.93. The van der Waals surface area contributed by atoms with E-state index in [2.05, 4.69) is 58.5 Å². The molecule has 6 aromatic rings. The Balaban J connectivity index is 1.02. The molecule has 12 nitrogen and oxygen atoms in total. The molecule has 6 heterocycles. The molecule has 2 aromatic carbocycles. The van der Waals surface area contributed by atoms with Gasteiger partial charge in [-0.3, -0.25) is 28.7 Å². The van der Waals surface area contributed by atoms with Crippen molar-refractivity contribution in [2.75, 3.05) is 0 Å². The lowest BCUT2D eigenvalue weighted by molar-refractivity contribution is -0.120. The highest BCUT2D eigenvalue weighted by molar-refractivity contribution is 7.15. The maximum atomic E-state index is 13.5. The number of amides is 2. The van der Waals surface area contributed by atoms with Crippen LogP contribution < -0.4 is 10.5 Å². The van der Waals surface area contributed by atoms with E-state index in [1.807, 2.05) is 71.5 Å². The largest absolute Gasteiger partial charge is 0.390 e. The highest BCUT2D eigenvalue weighted by Crippen LogP contribution is 2.41. The van der Waals surface area contributed by atoms with Crippen molar-refractivity contribution in [3.8, 4) is 10.0 Å². The van der Waals surface area contributed by atoms with Crippen LogP contribution in [0.25, 0.3) is 10.0 Å². The highest BCUT2D eigenvalue weighted by Gasteiger charge is 2.34. The Morgan fingerprint density at radius 2 is 1.02 bits per heavy atom. The van der Waals surface area contributed by atoms with Gasteiger partial charge in [-0.15, -0.1) is 43.1 Å². The average Bonchev–Trinajstić information content (AvgIpc) is 3.84. The molecule has 2 aliphatic heterocycles. The topological polar surface area (TPSA) is 144 Å². The number of carbonyl (C=O) groups excluding carboxylic acids is 2. The summed E-state index contributed by atoms with van der Waals surface area (Å²) in [6.07, 6.45) is -0.0923. The van der Waals surface area contributed by atoms with E-state index in [4.69, 9.17) is 33.2 Å². The molecule has 0 aliphatic carbocycles. The van der Waals surface area contributed by atoms with Gasteiger partial charge in [0.25, 0.3) is 0 Å². The Morgan fingerprint density at radius 3 is 1.40 bits per heavy atom. The van der Waals surface area contributed by atoms with Crippen LogP contribution in [-0.2, 0) is 9.59 Å². The zero-order valence-electron chi connectivity index (χ0n) is 30.7. The molecule has 0 bridgehead atoms. The number of aromatic nitrogens is 6. The molecular formula is C38H34BCl2N10O2S2. The Bertz CT molecular complexity index is 2390. The summed E-state index contributed by atoms with van der Waals surface area (Å²) in [5.41, 5.74) is 7.39. The van der Waals surface area contributed by atoms with Crippen LogP contribution in [0.5, 0.6) is 0 Å². The van der Waals surface area contributed by atoms with Gasteiger partial charge in [-0.25, -0.2) is 0 Å². The van der Waals surface area contributed by atoms with Crippen molar-refractivity contribution >= 4 is 76.7 Å². The van der Waals surface area contributed by atoms with E-state index in [1.165, 1.54) is 7.55 Å². The third-order valence-corrected chi connectivity index (χ3v) is 12.8. The monoisotopic (exact) mass is 807 g/mol. The minimum atomic E-state index is -0.662. The molecule has 2 unspecified atom stereocenters. The van der Waals surface area contributed by atoms with Gasteiger partial charge in [-0.1, -0.05) is 47.5 Å². The first-order valence-corrected chi connectivity index (χ1v) is 19.9. The number of aliphatic imine (C=N–C) groups is 2. The van der Waals surface area contributed by atoms with Crippen LogP contribution >= 0.6 is 45.9 Å². The summed E-state index contributed by atoms with van der Waals surface area (Å²) >= 11 is 15.8. The molecule has 2 N–H and O–H groups in total. The van der Waals surface area contributed by atoms with E-state index in [9.17, 15) is 9.59 Å². The summed E-state index contributed by atoms with van der Waals surface area (Å²) in [4.78, 5) is 39.7. The van der Waals surface area contributed by atoms with Crippen LogP contribution in [0.2, 0.25) is 10.0 Å². The standard InChI is InChI=1S/C38H34BCl2N10O2S2/c1-17-19(3)54-37-31(17)33(23-7-11-25(40)12-8-23)42-27(35-48-46-21(5)50(35)37)15-29(52)44-39-45-30(53)16-28-36-49-47-22(6)51(36)38-32(18(2)20(4)55-38)34(43-28)24-9-13-26(41)14-10-24/h7-14,27-28H,15-16H2,1-6H3,(H,44,52)(H,45,53). The van der Waals surface area contributed by atoms with E-state index >= 15 is 0 Å². The molecule has 1 radical (unpaired) electrons. The number of aryl methyl sites for hydroxylation is 4. The zero-order valence-corrected chi connectivity index (χ0v) is 33.9. The molecule has 8 rings (SSSR count). The summed E-state index contributed by atoms with van der Waals surface area (Å²) in [7, 11) is 1.26. The van der Waals surface area contributed by atoms with E-state index in [-0.39, 0.29) is 24.7 Å². The number of nitrogens with zero attached hydrogens (tertiary/aromatic N) is 8. The molecule has 277 valence electrons. The summed E-state index contributed by atoms with van der Waals surface area (Å²) in [6.45, 7) is 12.1. The number of rotatable bonds is 8. The Kier molecular flexibility index (Phi) is 9.82. The maximum Gasteiger partial charge on any atom is 0.390 e. The number of hydrogen-bond donors (Lipinski definition) is 2. The minimum Gasteiger partial charge on any atom is -0.383 e. The van der Waals surface area contributed by atoms with Crippen molar-refractivity contribution in [3.05, 3.63) is 125 Å². The lowest BCUT2D eigenvalue weighted by atomic mass is 9.99. The molecular weight excluding hydrogens is 774 g/mol. The van der Waals surface area contributed by atoms with Crippen LogP contribution in [0.1, 0.15) is 91.4 Å². The molecule has 0 fully saturated rings. The number of nitrogens with one attached hydrogen (secondary N) is 2. The number of fused-ring (bicyclic) bond motifs is 6. The Labute approximate surface area is 336 Å². The second kappa shape index (κ2) is 14.6. The van der Waals surface area contributed by atoms with Gasteiger partial charge < -0.3 is 10.5 Å². The summed E-state index contributed by atoms with van der Waals surface area (Å²) in [5.74, 6) is 1.78. The number of hydrogen-bond acceptors (Lipinski definition) is 10. The molecule has 2 aliphatic rings. The number of halogens is 2. The Hall–Kier alpha value is -4.96. The second-order valence-corrected chi connectivity index (χ2v) is 16.8. The molecule has 0 spiro atoms. The van der Waals surface area contributed by atoms with Gasteiger partial charge in [0, 0.05) is 42.1 Å². The first-order valence-electron chi connectivity index (χ1n) is 17.5. The molecule has 0 saturated carbocycles. The minimum absolute atomic E-state index is 0.0461. The van der Waals surface area contributed by atoms with Crippen molar-refractivity contribution in [2.24, 2.45) is 9.98 Å². The zero-order chi connectivity index (χ0) is 38.7. The van der Waals surface area contributed by atoms with E-state index in [0.717, 1.165) is 64.6 Å². The third kappa shape index (κ3) is 6.73. The Morgan fingerprint density at radius 1 is 0.636 bits per heavy atom. The van der Waals surface area contributed by atoms with Crippen molar-refractivity contribution in [2.45, 2.75) is 66.5 Å². The van der Waals surface area contributed by atoms with Gasteiger partial charge in [-0.2, -0.15) is 0 Å². The molecule has 55 heavy (non-hydrogen) atoms. The summed E-state index contributed by atoms with van der Waals surface area (Å²) < 4.78 is 3.98. The summed E-state index contributed by atoms with van der Waals surface area (Å²) in [5, 5.41) is 26.3. The lowest BCUT2D eigenvalue weighted by Crippen LogP contribution is -2.41. The fraction of sp³-hybridized carbons (Fsp3) is 0.263. The third-order valence-electron chi connectivity index (χ3n) is 9.94. The van der Waals surface area contributed by atoms with Gasteiger partial charge in [0.1, 0.15) is 33.7 Å². The van der Waals surface area contributed by atoms with Crippen LogP contribution in [0.3, 0.4) is 0 Å². The first-order chi connectivity index (χ1) is 26.4. The fourth-order valence-corrected chi connectivity index (χ4v) is 9.61. The lowest BCUT2D eigenvalue weighted by Gasteiger charge is -2.14. The van der Waals surface area contributed by atoms with Crippen molar-refractivity contribution < 1.29 is 9.59 Å². The molecule has 17 heteroatoms. The maximum absolute atomic E-state index is 13.5. The number of benzene rings is 2. The van der Waals surface area contributed by atoms with Crippen LogP contribution in [0.15, 0.2) is 58.5 Å². The van der Waals surface area contributed by atoms with E-state index in [1.54, 1.807) is 22.7 Å². The van der Waals surface area contributed by atoms with E-state index in [0.29, 0.717) is 33.3 Å². The number of carbonyl (C=O) groups is 2. The first kappa shape index (κ1) is 37.0. The van der Waals surface area contributed by atoms with Crippen molar-refractivity contribution in [1.29, 1.82) is 0 Å². The van der Waals surface area contributed by atoms with Crippen molar-refractivity contribution in [1.82, 2.24) is 40.0 Å². The van der Waals surface area contributed by atoms with Gasteiger partial charge in [0.15, 0.2) is 11.6 Å². The number of thiophene rings is 2. The predicted molar refractivity (Wildman–Crippen MR) is 218 cm³/mol. The van der Waals surface area contributed by atoms with E-state index < -0.39 is 12.1 Å². The SMILES string of the molecule is Cc1sc2c(c1C)C(c1ccc(Cl)cc1)=NC(CC(=O)N[B]NC(=O)CC1N=C(c3ccc(Cl)cc3)c3c(sc(C)c3C)-n3c(C)nnc31)c1nnc(C)n1-2. The molecule has 4 aromatic heterocycles. The van der Waals surface area contributed by atoms with Crippen LogP contribution in [0.4, 0.5) is 0 Å². The quantitative estimate of drug-likeness (QED) is 0.156. The van der Waals surface area contributed by atoms with Crippen molar-refractivity contribution in [3.63, 3.8) is 0 Å². The molecule has 0 saturated heterocycles. The normalized spacial score (nSPS) is 15.8. The summed E-state index contributed by atoms with van der Waals surface area (Å²) in [6, 6.07) is 13.7. The predicted octanol–water partition coefficient (Wildman–Crippen LogP) is 7.16. The highest BCUT2D eigenvalue weighted by atomic mass is 35.5. The van der Waals surface area contributed by atoms with Gasteiger partial charge >= 0.3 is 7.55 Å². The smallest absolute Gasteiger partial charge is 0.383 e. The van der Waals surface area contributed by atoms with Crippen LogP contribution in [-0.4, -0.2) is 60.3 Å². The van der Waals surface area contributed by atoms with Gasteiger partial charge in [0.05, 0.1) is 24.3 Å². The molecule has 2 atom stereocenters.